The molecule has 0 saturated heterocycles. The summed E-state index contributed by atoms with van der Waals surface area (Å²) in [5, 5.41) is 0. The summed E-state index contributed by atoms with van der Waals surface area (Å²) >= 11 is 0. The lowest BCUT2D eigenvalue weighted by Crippen LogP contribution is -2.39. The maximum absolute atomic E-state index is 11.7. The van der Waals surface area contributed by atoms with Crippen LogP contribution in [0.15, 0.2) is 0 Å². The first-order valence-corrected chi connectivity index (χ1v) is 4.33. The van der Waals surface area contributed by atoms with E-state index in [-0.39, 0.29) is 11.5 Å². The van der Waals surface area contributed by atoms with Gasteiger partial charge in [0.25, 0.3) is 0 Å². The van der Waals surface area contributed by atoms with Crippen LogP contribution < -0.4 is 0 Å². The molecule has 0 aromatic rings. The van der Waals surface area contributed by atoms with Gasteiger partial charge in [0.2, 0.25) is 0 Å². The number of rotatable bonds is 2. The van der Waals surface area contributed by atoms with Gasteiger partial charge in [-0.3, -0.25) is 0 Å². The van der Waals surface area contributed by atoms with Gasteiger partial charge in [-0.2, -0.15) is 8.78 Å². The molecule has 1 rings (SSSR count). The van der Waals surface area contributed by atoms with Crippen molar-refractivity contribution in [3.63, 3.8) is 0 Å². The minimum absolute atomic E-state index is 0.200. The highest BCUT2D eigenvalue weighted by Crippen LogP contribution is 2.43. The molecule has 1 saturated carbocycles. The van der Waals surface area contributed by atoms with Crippen molar-refractivity contribution in [2.75, 3.05) is 0 Å². The Labute approximate surface area is 72.1 Å². The van der Waals surface area contributed by atoms with Crippen molar-refractivity contribution in [2.24, 2.45) is 11.3 Å². The van der Waals surface area contributed by atoms with Crippen molar-refractivity contribution in [2.45, 2.75) is 46.3 Å². The highest BCUT2D eigenvalue weighted by atomic mass is 19.3. The summed E-state index contributed by atoms with van der Waals surface area (Å²) in [6.45, 7) is 3.80. The standard InChI is InChI=1S/C9H16F2O/c1-9(2,3)6-4-7(5-6)12-8(10)11/h6-8H,4-5H2,1-3H3. The molecule has 0 aromatic carbocycles. The molecule has 1 aliphatic rings. The zero-order valence-electron chi connectivity index (χ0n) is 7.81. The van der Waals surface area contributed by atoms with Crippen molar-refractivity contribution >= 4 is 0 Å². The van der Waals surface area contributed by atoms with E-state index in [2.05, 4.69) is 25.5 Å². The maximum Gasteiger partial charge on any atom is 0.345 e. The molecule has 0 atom stereocenters. The number of alkyl halides is 2. The first kappa shape index (κ1) is 9.90. The summed E-state index contributed by atoms with van der Waals surface area (Å²) in [5.74, 6) is 0.543. The van der Waals surface area contributed by atoms with Crippen molar-refractivity contribution in [1.82, 2.24) is 0 Å². The predicted octanol–water partition coefficient (Wildman–Crippen LogP) is 3.05. The van der Waals surface area contributed by atoms with Crippen LogP contribution in [0.25, 0.3) is 0 Å². The van der Waals surface area contributed by atoms with Crippen LogP contribution in [0, 0.1) is 11.3 Å². The lowest BCUT2D eigenvalue weighted by Gasteiger charge is -2.43. The molecule has 1 fully saturated rings. The molecule has 72 valence electrons. The van der Waals surface area contributed by atoms with Gasteiger partial charge in [0.15, 0.2) is 0 Å². The molecule has 3 heteroatoms. The Kier molecular flexibility index (Phi) is 2.71. The zero-order chi connectivity index (χ0) is 9.35. The third kappa shape index (κ3) is 2.41. The van der Waals surface area contributed by atoms with E-state index in [1.807, 2.05) is 0 Å². The largest absolute Gasteiger partial charge is 0.345 e. The van der Waals surface area contributed by atoms with Crippen LogP contribution in [0.5, 0.6) is 0 Å². The summed E-state index contributed by atoms with van der Waals surface area (Å²) in [6.07, 6.45) is 1.37. The zero-order valence-corrected chi connectivity index (χ0v) is 7.81. The van der Waals surface area contributed by atoms with Gasteiger partial charge < -0.3 is 4.74 Å². The second kappa shape index (κ2) is 3.29. The van der Waals surface area contributed by atoms with Crippen LogP contribution >= 0.6 is 0 Å². The fraction of sp³-hybridized carbons (Fsp3) is 1.00. The number of hydrogen-bond donors (Lipinski definition) is 0. The smallest absolute Gasteiger partial charge is 0.320 e. The molecule has 0 unspecified atom stereocenters. The molecule has 0 amide bonds. The Morgan fingerprint density at radius 3 is 2.08 bits per heavy atom. The van der Waals surface area contributed by atoms with E-state index in [0.717, 1.165) is 12.8 Å². The van der Waals surface area contributed by atoms with Gasteiger partial charge in [0.1, 0.15) is 0 Å². The van der Waals surface area contributed by atoms with E-state index < -0.39 is 6.61 Å². The molecule has 0 bridgehead atoms. The van der Waals surface area contributed by atoms with E-state index >= 15 is 0 Å². The number of hydrogen-bond acceptors (Lipinski definition) is 1. The molecule has 0 spiro atoms. The third-order valence-electron chi connectivity index (χ3n) is 2.61. The van der Waals surface area contributed by atoms with Crippen LogP contribution in [-0.4, -0.2) is 12.7 Å². The molecule has 0 aromatic heterocycles. The third-order valence-corrected chi connectivity index (χ3v) is 2.61. The van der Waals surface area contributed by atoms with Crippen molar-refractivity contribution in [3.8, 4) is 0 Å². The van der Waals surface area contributed by atoms with Crippen LogP contribution in [0.1, 0.15) is 33.6 Å². The number of halogens is 2. The fourth-order valence-corrected chi connectivity index (χ4v) is 1.53. The van der Waals surface area contributed by atoms with E-state index in [1.54, 1.807) is 0 Å². The molecule has 0 heterocycles. The van der Waals surface area contributed by atoms with Crippen LogP contribution in [0.3, 0.4) is 0 Å². The minimum Gasteiger partial charge on any atom is -0.320 e. The summed E-state index contributed by atoms with van der Waals surface area (Å²) in [6, 6.07) is 0. The van der Waals surface area contributed by atoms with Gasteiger partial charge in [-0.15, -0.1) is 0 Å². The van der Waals surface area contributed by atoms with Crippen LogP contribution in [0.2, 0.25) is 0 Å². The van der Waals surface area contributed by atoms with Gasteiger partial charge in [0.05, 0.1) is 6.10 Å². The Bertz CT molecular complexity index is 145. The highest BCUT2D eigenvalue weighted by molar-refractivity contribution is 4.87. The van der Waals surface area contributed by atoms with Gasteiger partial charge in [-0.25, -0.2) is 0 Å². The van der Waals surface area contributed by atoms with E-state index in [0.29, 0.717) is 5.92 Å². The van der Waals surface area contributed by atoms with E-state index in [1.165, 1.54) is 0 Å². The second-order valence-corrected chi connectivity index (χ2v) is 4.55. The first-order valence-electron chi connectivity index (χ1n) is 4.33. The molecule has 12 heavy (non-hydrogen) atoms. The average molecular weight is 178 g/mol. The van der Waals surface area contributed by atoms with Crippen molar-refractivity contribution < 1.29 is 13.5 Å². The molecule has 1 aliphatic carbocycles. The van der Waals surface area contributed by atoms with Gasteiger partial charge in [-0.05, 0) is 24.2 Å². The Hall–Kier alpha value is -0.180. The SMILES string of the molecule is CC(C)(C)C1CC(OC(F)F)C1. The molecule has 0 aliphatic heterocycles. The molecular formula is C9H16F2O. The van der Waals surface area contributed by atoms with Gasteiger partial charge in [0, 0.05) is 0 Å². The average Bonchev–Trinajstić information content (AvgIpc) is 1.73. The predicted molar refractivity (Wildman–Crippen MR) is 43.1 cm³/mol. The molecule has 0 N–H and O–H groups in total. The van der Waals surface area contributed by atoms with Gasteiger partial charge >= 0.3 is 6.61 Å². The van der Waals surface area contributed by atoms with Crippen LogP contribution in [0.4, 0.5) is 8.78 Å². The van der Waals surface area contributed by atoms with Crippen molar-refractivity contribution in [1.29, 1.82) is 0 Å². The Balaban J connectivity index is 2.20. The second-order valence-electron chi connectivity index (χ2n) is 4.55. The van der Waals surface area contributed by atoms with E-state index in [9.17, 15) is 8.78 Å². The minimum atomic E-state index is -2.60. The normalized spacial score (nSPS) is 30.5. The highest BCUT2D eigenvalue weighted by Gasteiger charge is 2.38. The maximum atomic E-state index is 11.7. The van der Waals surface area contributed by atoms with Gasteiger partial charge in [-0.1, -0.05) is 20.8 Å². The monoisotopic (exact) mass is 178 g/mol. The first-order chi connectivity index (χ1) is 5.39. The summed E-state index contributed by atoms with van der Waals surface area (Å²) < 4.78 is 27.8. The molecular weight excluding hydrogens is 162 g/mol. The molecule has 0 radical (unpaired) electrons. The Morgan fingerprint density at radius 1 is 1.25 bits per heavy atom. The topological polar surface area (TPSA) is 9.23 Å². The number of ether oxygens (including phenoxy) is 1. The summed E-state index contributed by atoms with van der Waals surface area (Å²) in [7, 11) is 0. The Morgan fingerprint density at radius 2 is 1.75 bits per heavy atom. The lowest BCUT2D eigenvalue weighted by atomic mass is 9.67. The quantitative estimate of drug-likeness (QED) is 0.631. The van der Waals surface area contributed by atoms with Crippen molar-refractivity contribution in [3.05, 3.63) is 0 Å². The summed E-state index contributed by atoms with van der Waals surface area (Å²) in [4.78, 5) is 0. The summed E-state index contributed by atoms with van der Waals surface area (Å²) in [5.41, 5.74) is 0.238. The lowest BCUT2D eigenvalue weighted by molar-refractivity contribution is -0.199. The molecule has 1 nitrogen and oxygen atoms in total. The fourth-order valence-electron chi connectivity index (χ4n) is 1.53. The van der Waals surface area contributed by atoms with E-state index in [4.69, 9.17) is 0 Å². The van der Waals surface area contributed by atoms with Crippen LogP contribution in [-0.2, 0) is 4.74 Å².